The highest BCUT2D eigenvalue weighted by Gasteiger charge is 2.13. The first kappa shape index (κ1) is 25.4. The number of hydrogen-bond acceptors (Lipinski definition) is 6. The average molecular weight is 548 g/mol. The van der Waals surface area contributed by atoms with Crippen LogP contribution in [0.1, 0.15) is 28.4 Å². The molecule has 9 heteroatoms. The summed E-state index contributed by atoms with van der Waals surface area (Å²) in [6.45, 7) is 2.70. The Morgan fingerprint density at radius 3 is 2.41 bits per heavy atom. The van der Waals surface area contributed by atoms with Gasteiger partial charge < -0.3 is 18.9 Å². The molecule has 0 spiro atoms. The lowest BCUT2D eigenvalue weighted by Gasteiger charge is -2.14. The van der Waals surface area contributed by atoms with Crippen LogP contribution in [-0.2, 0) is 6.61 Å². The number of methoxy groups -OCH3 is 2. The summed E-state index contributed by atoms with van der Waals surface area (Å²) in [5, 5.41) is 4.73. The summed E-state index contributed by atoms with van der Waals surface area (Å²) in [6.07, 6.45) is 1.52. The van der Waals surface area contributed by atoms with E-state index in [9.17, 15) is 4.79 Å². The number of hydrogen-bond donors (Lipinski definition) is 1. The van der Waals surface area contributed by atoms with Gasteiger partial charge in [0.05, 0.1) is 31.5 Å². The fourth-order valence-corrected chi connectivity index (χ4v) is 3.71. The second-order valence-corrected chi connectivity index (χ2v) is 8.24. The molecule has 0 saturated heterocycles. The van der Waals surface area contributed by atoms with Crippen LogP contribution in [0, 0.1) is 0 Å². The number of halogens is 2. The van der Waals surface area contributed by atoms with E-state index in [4.69, 9.17) is 30.5 Å². The summed E-state index contributed by atoms with van der Waals surface area (Å²) in [4.78, 5) is 12.5. The molecule has 34 heavy (non-hydrogen) atoms. The van der Waals surface area contributed by atoms with Crippen molar-refractivity contribution in [3.05, 3.63) is 80.8 Å². The van der Waals surface area contributed by atoms with Gasteiger partial charge in [0.1, 0.15) is 6.61 Å². The molecule has 0 radical (unpaired) electrons. The second-order valence-electron chi connectivity index (χ2n) is 6.95. The standard InChI is InChI=1S/C25H24BrClN2O5/c1-4-33-23-12-17(11-20(26)24(23)34-15-16-5-8-19(27)9-6-16)14-28-29-25(30)18-7-10-21(31-2)22(13-18)32-3/h5-14H,4,15H2,1-3H3,(H,29,30)/b28-14+. The smallest absolute Gasteiger partial charge is 0.271 e. The van der Waals surface area contributed by atoms with E-state index in [0.29, 0.717) is 56.8 Å². The van der Waals surface area contributed by atoms with Crippen LogP contribution >= 0.6 is 27.5 Å². The van der Waals surface area contributed by atoms with Gasteiger partial charge in [-0.3, -0.25) is 4.79 Å². The Bertz CT molecular complexity index is 1170. The molecular weight excluding hydrogens is 524 g/mol. The lowest BCUT2D eigenvalue weighted by atomic mass is 10.2. The van der Waals surface area contributed by atoms with E-state index in [0.717, 1.165) is 5.56 Å². The Kier molecular flexibility index (Phi) is 9.18. The van der Waals surface area contributed by atoms with Gasteiger partial charge in [0.25, 0.3) is 5.91 Å². The molecule has 3 rings (SSSR count). The van der Waals surface area contributed by atoms with Crippen molar-refractivity contribution < 1.29 is 23.7 Å². The van der Waals surface area contributed by atoms with Crippen LogP contribution in [0.4, 0.5) is 0 Å². The maximum Gasteiger partial charge on any atom is 0.271 e. The van der Waals surface area contributed by atoms with Crippen LogP contribution in [0.15, 0.2) is 64.2 Å². The zero-order valence-electron chi connectivity index (χ0n) is 18.9. The lowest BCUT2D eigenvalue weighted by molar-refractivity contribution is 0.0954. The Hall–Kier alpha value is -3.23. The Morgan fingerprint density at radius 1 is 1.00 bits per heavy atom. The van der Waals surface area contributed by atoms with E-state index in [1.807, 2.05) is 37.3 Å². The van der Waals surface area contributed by atoms with Crippen molar-refractivity contribution in [2.45, 2.75) is 13.5 Å². The van der Waals surface area contributed by atoms with Crippen LogP contribution < -0.4 is 24.4 Å². The number of benzene rings is 3. The lowest BCUT2D eigenvalue weighted by Crippen LogP contribution is -2.17. The third-order valence-electron chi connectivity index (χ3n) is 4.65. The van der Waals surface area contributed by atoms with Crippen LogP contribution in [0.25, 0.3) is 0 Å². The highest BCUT2D eigenvalue weighted by Crippen LogP contribution is 2.37. The molecule has 3 aromatic carbocycles. The zero-order chi connectivity index (χ0) is 24.5. The molecule has 0 atom stereocenters. The van der Waals surface area contributed by atoms with Gasteiger partial charge >= 0.3 is 0 Å². The van der Waals surface area contributed by atoms with E-state index >= 15 is 0 Å². The fourth-order valence-electron chi connectivity index (χ4n) is 3.01. The zero-order valence-corrected chi connectivity index (χ0v) is 21.3. The molecule has 0 saturated carbocycles. The topological polar surface area (TPSA) is 78.4 Å². The van der Waals surface area contributed by atoms with Crippen molar-refractivity contribution >= 4 is 39.7 Å². The highest BCUT2D eigenvalue weighted by molar-refractivity contribution is 9.10. The number of hydrazone groups is 1. The van der Waals surface area contributed by atoms with Gasteiger partial charge in [-0.15, -0.1) is 0 Å². The molecule has 7 nitrogen and oxygen atoms in total. The molecule has 0 aliphatic heterocycles. The third-order valence-corrected chi connectivity index (χ3v) is 5.49. The van der Waals surface area contributed by atoms with E-state index in [-0.39, 0.29) is 5.91 Å². The monoisotopic (exact) mass is 546 g/mol. The van der Waals surface area contributed by atoms with Gasteiger partial charge in [0.15, 0.2) is 23.0 Å². The summed E-state index contributed by atoms with van der Waals surface area (Å²) in [5.41, 5.74) is 4.58. The minimum atomic E-state index is -0.385. The van der Waals surface area contributed by atoms with Crippen molar-refractivity contribution in [2.75, 3.05) is 20.8 Å². The largest absolute Gasteiger partial charge is 0.493 e. The molecular formula is C25H24BrClN2O5. The maximum absolute atomic E-state index is 12.5. The fraction of sp³-hybridized carbons (Fsp3) is 0.200. The van der Waals surface area contributed by atoms with Gasteiger partial charge in [-0.1, -0.05) is 23.7 Å². The van der Waals surface area contributed by atoms with Crippen LogP contribution in [0.2, 0.25) is 5.02 Å². The third kappa shape index (κ3) is 6.65. The first-order chi connectivity index (χ1) is 16.4. The first-order valence-corrected chi connectivity index (χ1v) is 11.5. The molecule has 0 aliphatic rings. The van der Waals surface area contributed by atoms with Crippen LogP contribution in [0.3, 0.4) is 0 Å². The average Bonchev–Trinajstić information content (AvgIpc) is 2.84. The van der Waals surface area contributed by atoms with Crippen molar-refractivity contribution in [1.82, 2.24) is 5.43 Å². The Balaban J connectivity index is 1.71. The quantitative estimate of drug-likeness (QED) is 0.254. The normalized spacial score (nSPS) is 10.7. The summed E-state index contributed by atoms with van der Waals surface area (Å²) >= 11 is 9.48. The molecule has 0 fully saturated rings. The number of nitrogens with zero attached hydrogens (tertiary/aromatic N) is 1. The van der Waals surface area contributed by atoms with Crippen molar-refractivity contribution in [3.63, 3.8) is 0 Å². The summed E-state index contributed by atoms with van der Waals surface area (Å²) in [7, 11) is 3.04. The predicted octanol–water partition coefficient (Wildman–Crippen LogP) is 5.86. The van der Waals surface area contributed by atoms with E-state index < -0.39 is 0 Å². The maximum atomic E-state index is 12.5. The molecule has 0 bridgehead atoms. The minimum absolute atomic E-state index is 0.352. The molecule has 0 aromatic heterocycles. The first-order valence-electron chi connectivity index (χ1n) is 10.3. The van der Waals surface area contributed by atoms with E-state index in [2.05, 4.69) is 26.5 Å². The second kappa shape index (κ2) is 12.3. The SMILES string of the molecule is CCOc1cc(/C=N/NC(=O)c2ccc(OC)c(OC)c2)cc(Br)c1OCc1ccc(Cl)cc1. The van der Waals surface area contributed by atoms with Gasteiger partial charge in [-0.05, 0) is 76.4 Å². The van der Waals surface area contributed by atoms with Gasteiger partial charge in [-0.25, -0.2) is 5.43 Å². The summed E-state index contributed by atoms with van der Waals surface area (Å²) in [5.74, 6) is 1.74. The van der Waals surface area contributed by atoms with Crippen LogP contribution in [0.5, 0.6) is 23.0 Å². The van der Waals surface area contributed by atoms with Gasteiger partial charge in [-0.2, -0.15) is 5.10 Å². The predicted molar refractivity (Wildman–Crippen MR) is 136 cm³/mol. The molecule has 178 valence electrons. The number of amides is 1. The number of nitrogens with one attached hydrogen (secondary N) is 1. The number of ether oxygens (including phenoxy) is 4. The summed E-state index contributed by atoms with van der Waals surface area (Å²) < 4.78 is 22.9. The molecule has 1 amide bonds. The molecule has 0 heterocycles. The van der Waals surface area contributed by atoms with Crippen molar-refractivity contribution in [3.8, 4) is 23.0 Å². The van der Waals surface area contributed by atoms with E-state index in [1.54, 1.807) is 24.3 Å². The van der Waals surface area contributed by atoms with E-state index in [1.165, 1.54) is 20.4 Å². The molecule has 1 N–H and O–H groups in total. The molecule has 0 aliphatic carbocycles. The van der Waals surface area contributed by atoms with Gasteiger partial charge in [0.2, 0.25) is 0 Å². The van der Waals surface area contributed by atoms with Crippen molar-refractivity contribution in [1.29, 1.82) is 0 Å². The highest BCUT2D eigenvalue weighted by atomic mass is 79.9. The molecule has 0 unspecified atom stereocenters. The van der Waals surface area contributed by atoms with Crippen LogP contribution in [-0.4, -0.2) is 32.9 Å². The Labute approximate surface area is 211 Å². The number of rotatable bonds is 10. The number of carbonyl (C=O) groups is 1. The van der Waals surface area contributed by atoms with Crippen molar-refractivity contribution in [2.24, 2.45) is 5.10 Å². The van der Waals surface area contributed by atoms with Gasteiger partial charge in [0, 0.05) is 10.6 Å². The Morgan fingerprint density at radius 2 is 1.74 bits per heavy atom. The number of carbonyl (C=O) groups excluding carboxylic acids is 1. The molecule has 3 aromatic rings. The minimum Gasteiger partial charge on any atom is -0.493 e. The summed E-state index contributed by atoms with van der Waals surface area (Å²) in [6, 6.07) is 15.9.